The highest BCUT2D eigenvalue weighted by molar-refractivity contribution is 5.97. The molecule has 5 N–H and O–H groups in total. The van der Waals surface area contributed by atoms with Crippen LogP contribution < -0.4 is 17.2 Å². The molecule has 0 saturated carbocycles. The number of hydrogen-bond acceptors (Lipinski definition) is 3. The molecule has 0 spiro atoms. The third-order valence-electron chi connectivity index (χ3n) is 3.12. The quantitative estimate of drug-likeness (QED) is 0.603. The smallest absolute Gasteiger partial charge is 0.331 e. The molecule has 0 fully saturated rings. The van der Waals surface area contributed by atoms with E-state index < -0.39 is 5.91 Å². The number of hydrogen-bond donors (Lipinski definition) is 3. The molecule has 0 bridgehead atoms. The van der Waals surface area contributed by atoms with Gasteiger partial charge in [0, 0.05) is 5.69 Å². The van der Waals surface area contributed by atoms with Crippen LogP contribution in [-0.4, -0.2) is 15.5 Å². The summed E-state index contributed by atoms with van der Waals surface area (Å²) in [4.78, 5) is 26.3. The van der Waals surface area contributed by atoms with E-state index in [0.29, 0.717) is 22.4 Å². The van der Waals surface area contributed by atoms with E-state index in [4.69, 9.17) is 11.5 Å². The van der Waals surface area contributed by atoms with Gasteiger partial charge in [0.2, 0.25) is 0 Å². The molecule has 0 unspecified atom stereocenters. The van der Waals surface area contributed by atoms with Crippen LogP contribution in [0, 0.1) is 0 Å². The number of nitrogens with one attached hydrogen (secondary N) is 1. The summed E-state index contributed by atoms with van der Waals surface area (Å²) in [6.45, 7) is 0. The molecule has 0 atom stereocenters. The van der Waals surface area contributed by atoms with E-state index in [9.17, 15) is 9.59 Å². The second-order valence-corrected chi connectivity index (χ2v) is 4.42. The van der Waals surface area contributed by atoms with Crippen molar-refractivity contribution in [3.05, 3.63) is 58.5 Å². The van der Waals surface area contributed by atoms with Crippen LogP contribution >= 0.6 is 0 Å². The molecule has 0 saturated heterocycles. The number of rotatable bonds is 2. The number of primary amides is 1. The van der Waals surface area contributed by atoms with Crippen LogP contribution in [0.25, 0.3) is 16.7 Å². The van der Waals surface area contributed by atoms with Crippen molar-refractivity contribution in [2.24, 2.45) is 5.73 Å². The average molecular weight is 268 g/mol. The van der Waals surface area contributed by atoms with Gasteiger partial charge in [-0.1, -0.05) is 12.1 Å². The van der Waals surface area contributed by atoms with Crippen LogP contribution in [0.3, 0.4) is 0 Å². The maximum Gasteiger partial charge on any atom is 0.331 e. The fourth-order valence-electron chi connectivity index (χ4n) is 2.25. The van der Waals surface area contributed by atoms with E-state index in [2.05, 4.69) is 4.98 Å². The fraction of sp³-hybridized carbons (Fsp3) is 0. The molecule has 6 heteroatoms. The van der Waals surface area contributed by atoms with Crippen molar-refractivity contribution in [2.75, 3.05) is 5.73 Å². The fourth-order valence-corrected chi connectivity index (χ4v) is 2.25. The molecule has 0 radical (unpaired) electrons. The summed E-state index contributed by atoms with van der Waals surface area (Å²) < 4.78 is 1.41. The van der Waals surface area contributed by atoms with Crippen LogP contribution in [0.1, 0.15) is 10.4 Å². The Balaban J connectivity index is 2.39. The number of aromatic amines is 1. The zero-order valence-corrected chi connectivity index (χ0v) is 10.5. The van der Waals surface area contributed by atoms with E-state index >= 15 is 0 Å². The van der Waals surface area contributed by atoms with Gasteiger partial charge in [0.15, 0.2) is 0 Å². The third-order valence-corrected chi connectivity index (χ3v) is 3.12. The standard InChI is InChI=1S/C14H12N4O2/c15-8-5-6-12-10(7-8)17-14(20)18(12)11-4-2-1-3-9(11)13(16)19/h1-7H,15H2,(H2,16,19)(H,17,20). The van der Waals surface area contributed by atoms with Gasteiger partial charge < -0.3 is 16.5 Å². The summed E-state index contributed by atoms with van der Waals surface area (Å²) in [7, 11) is 0. The number of nitrogens with zero attached hydrogens (tertiary/aromatic N) is 1. The molecule has 1 heterocycles. The van der Waals surface area contributed by atoms with Crippen molar-refractivity contribution >= 4 is 22.6 Å². The number of imidazole rings is 1. The lowest BCUT2D eigenvalue weighted by Crippen LogP contribution is -2.20. The van der Waals surface area contributed by atoms with E-state index in [0.717, 1.165) is 0 Å². The maximum absolute atomic E-state index is 12.1. The Morgan fingerprint density at radius 2 is 1.90 bits per heavy atom. The first-order valence-electron chi connectivity index (χ1n) is 5.97. The largest absolute Gasteiger partial charge is 0.399 e. The van der Waals surface area contributed by atoms with Crippen molar-refractivity contribution in [2.45, 2.75) is 0 Å². The van der Waals surface area contributed by atoms with Crippen LogP contribution in [0.2, 0.25) is 0 Å². The van der Waals surface area contributed by atoms with Gasteiger partial charge in [0.1, 0.15) is 0 Å². The number of nitrogen functional groups attached to an aromatic ring is 1. The predicted molar refractivity (Wildman–Crippen MR) is 76.8 cm³/mol. The van der Waals surface area contributed by atoms with Gasteiger partial charge >= 0.3 is 5.69 Å². The average Bonchev–Trinajstić information content (AvgIpc) is 2.73. The lowest BCUT2D eigenvalue weighted by molar-refractivity contribution is 0.100. The molecule has 100 valence electrons. The first-order valence-corrected chi connectivity index (χ1v) is 5.97. The summed E-state index contributed by atoms with van der Waals surface area (Å²) in [6, 6.07) is 11.8. The number of para-hydroxylation sites is 1. The number of fused-ring (bicyclic) bond motifs is 1. The number of carbonyl (C=O) groups is 1. The molecule has 0 aliphatic heterocycles. The van der Waals surface area contributed by atoms with Gasteiger partial charge in [-0.2, -0.15) is 0 Å². The van der Waals surface area contributed by atoms with E-state index in [-0.39, 0.29) is 11.3 Å². The van der Waals surface area contributed by atoms with Gasteiger partial charge in [-0.15, -0.1) is 0 Å². The molecule has 0 aliphatic rings. The Kier molecular flexibility index (Phi) is 2.57. The molecule has 3 aromatic rings. The highest BCUT2D eigenvalue weighted by Crippen LogP contribution is 2.20. The molecule has 3 rings (SSSR count). The van der Waals surface area contributed by atoms with Crippen molar-refractivity contribution in [1.82, 2.24) is 9.55 Å². The van der Waals surface area contributed by atoms with Gasteiger partial charge in [0.05, 0.1) is 22.3 Å². The first-order chi connectivity index (χ1) is 9.58. The number of H-pyrrole nitrogens is 1. The zero-order valence-electron chi connectivity index (χ0n) is 10.5. The van der Waals surface area contributed by atoms with Crippen LogP contribution in [0.15, 0.2) is 47.3 Å². The van der Waals surface area contributed by atoms with Gasteiger partial charge in [-0.25, -0.2) is 4.79 Å². The summed E-state index contributed by atoms with van der Waals surface area (Å²) in [5.74, 6) is -0.586. The normalized spacial score (nSPS) is 10.8. The van der Waals surface area contributed by atoms with Crippen molar-refractivity contribution in [1.29, 1.82) is 0 Å². The van der Waals surface area contributed by atoms with Crippen molar-refractivity contribution in [3.8, 4) is 5.69 Å². The molecule has 2 aromatic carbocycles. The van der Waals surface area contributed by atoms with Gasteiger partial charge in [-0.3, -0.25) is 9.36 Å². The number of amides is 1. The molecule has 6 nitrogen and oxygen atoms in total. The molecular weight excluding hydrogens is 256 g/mol. The van der Waals surface area contributed by atoms with E-state index in [1.165, 1.54) is 4.57 Å². The number of carbonyl (C=O) groups excluding carboxylic acids is 1. The number of nitrogens with two attached hydrogens (primary N) is 2. The van der Waals surface area contributed by atoms with Crippen LogP contribution in [0.4, 0.5) is 5.69 Å². The van der Waals surface area contributed by atoms with E-state index in [1.54, 1.807) is 42.5 Å². The maximum atomic E-state index is 12.1. The van der Waals surface area contributed by atoms with Gasteiger partial charge in [-0.05, 0) is 30.3 Å². The Morgan fingerprint density at radius 1 is 1.15 bits per heavy atom. The number of anilines is 1. The van der Waals surface area contributed by atoms with Crippen LogP contribution in [-0.2, 0) is 0 Å². The lowest BCUT2D eigenvalue weighted by atomic mass is 10.1. The minimum Gasteiger partial charge on any atom is -0.399 e. The Bertz CT molecular complexity index is 876. The zero-order chi connectivity index (χ0) is 14.3. The minimum atomic E-state index is -0.586. The number of benzene rings is 2. The third kappa shape index (κ3) is 1.74. The molecule has 1 aromatic heterocycles. The van der Waals surface area contributed by atoms with Crippen molar-refractivity contribution in [3.63, 3.8) is 0 Å². The molecular formula is C14H12N4O2. The molecule has 20 heavy (non-hydrogen) atoms. The SMILES string of the molecule is NC(=O)c1ccccc1-n1c(=O)[nH]c2cc(N)ccc21. The summed E-state index contributed by atoms with van der Waals surface area (Å²) >= 11 is 0. The van der Waals surface area contributed by atoms with E-state index in [1.807, 2.05) is 0 Å². The highest BCUT2D eigenvalue weighted by Gasteiger charge is 2.14. The monoisotopic (exact) mass is 268 g/mol. The first kappa shape index (κ1) is 12.0. The Hall–Kier alpha value is -3.02. The topological polar surface area (TPSA) is 107 Å². The molecule has 0 aliphatic carbocycles. The predicted octanol–water partition coefficient (Wildman–Crippen LogP) is 1.000. The second kappa shape index (κ2) is 4.27. The number of aromatic nitrogens is 2. The Morgan fingerprint density at radius 3 is 2.65 bits per heavy atom. The summed E-state index contributed by atoms with van der Waals surface area (Å²) in [6.07, 6.45) is 0. The van der Waals surface area contributed by atoms with Crippen molar-refractivity contribution < 1.29 is 4.79 Å². The molecule has 1 amide bonds. The lowest BCUT2D eigenvalue weighted by Gasteiger charge is -2.07. The highest BCUT2D eigenvalue weighted by atomic mass is 16.1. The Labute approximate surface area is 113 Å². The minimum absolute atomic E-state index is 0.285. The summed E-state index contributed by atoms with van der Waals surface area (Å²) in [5.41, 5.74) is 13.2. The summed E-state index contributed by atoms with van der Waals surface area (Å²) in [5, 5.41) is 0. The van der Waals surface area contributed by atoms with Crippen LogP contribution in [0.5, 0.6) is 0 Å². The second-order valence-electron chi connectivity index (χ2n) is 4.42. The van der Waals surface area contributed by atoms with Gasteiger partial charge in [0.25, 0.3) is 5.91 Å².